The third kappa shape index (κ3) is 2.88. The Bertz CT molecular complexity index is 585. The van der Waals surface area contributed by atoms with Gasteiger partial charge < -0.3 is 5.32 Å². The van der Waals surface area contributed by atoms with E-state index >= 15 is 0 Å². The molecule has 0 heterocycles. The van der Waals surface area contributed by atoms with Gasteiger partial charge in [0.2, 0.25) is 0 Å². The average molecular weight is 305 g/mol. The molecule has 0 atom stereocenters. The van der Waals surface area contributed by atoms with Crippen molar-refractivity contribution >= 4 is 21.6 Å². The molecule has 0 saturated carbocycles. The summed E-state index contributed by atoms with van der Waals surface area (Å²) in [6.45, 7) is 0.467. The van der Waals surface area contributed by atoms with Crippen LogP contribution in [0.4, 0.5) is 10.1 Å². The van der Waals surface area contributed by atoms with Crippen LogP contribution in [0.5, 0.6) is 0 Å². The second-order valence-electron chi connectivity index (χ2n) is 3.76. The molecular formula is C14H10BrFN2. The van der Waals surface area contributed by atoms with Crippen molar-refractivity contribution in [2.75, 3.05) is 5.32 Å². The molecule has 2 rings (SSSR count). The first-order valence-electron chi connectivity index (χ1n) is 5.37. The van der Waals surface area contributed by atoms with E-state index in [0.717, 1.165) is 5.56 Å². The number of anilines is 1. The van der Waals surface area contributed by atoms with E-state index in [1.54, 1.807) is 24.3 Å². The second kappa shape index (κ2) is 5.65. The summed E-state index contributed by atoms with van der Waals surface area (Å²) in [4.78, 5) is 0. The first kappa shape index (κ1) is 12.6. The summed E-state index contributed by atoms with van der Waals surface area (Å²) in [7, 11) is 0. The van der Waals surface area contributed by atoms with E-state index in [4.69, 9.17) is 5.26 Å². The van der Waals surface area contributed by atoms with Crippen LogP contribution in [0, 0.1) is 17.1 Å². The van der Waals surface area contributed by atoms with Gasteiger partial charge in [-0.1, -0.05) is 18.2 Å². The average Bonchev–Trinajstić information content (AvgIpc) is 2.38. The quantitative estimate of drug-likeness (QED) is 0.927. The monoisotopic (exact) mass is 304 g/mol. The standard InChI is InChI=1S/C14H10BrFN2/c15-12-5-2-6-13(16)14(12)18-9-11-4-1-3-10(7-11)8-17/h1-7,18H,9H2. The van der Waals surface area contributed by atoms with E-state index in [1.165, 1.54) is 6.07 Å². The maximum atomic E-state index is 13.6. The van der Waals surface area contributed by atoms with Gasteiger partial charge in [-0.2, -0.15) is 5.26 Å². The van der Waals surface area contributed by atoms with Crippen LogP contribution in [-0.4, -0.2) is 0 Å². The Morgan fingerprint density at radius 1 is 1.22 bits per heavy atom. The molecule has 1 N–H and O–H groups in total. The zero-order valence-electron chi connectivity index (χ0n) is 9.45. The van der Waals surface area contributed by atoms with E-state index < -0.39 is 0 Å². The van der Waals surface area contributed by atoms with Gasteiger partial charge >= 0.3 is 0 Å². The number of rotatable bonds is 3. The molecule has 0 unspecified atom stereocenters. The van der Waals surface area contributed by atoms with Crippen LogP contribution in [0.1, 0.15) is 11.1 Å². The van der Waals surface area contributed by atoms with Crippen LogP contribution < -0.4 is 5.32 Å². The van der Waals surface area contributed by atoms with Gasteiger partial charge in [-0.15, -0.1) is 0 Å². The minimum atomic E-state index is -0.305. The van der Waals surface area contributed by atoms with E-state index in [1.807, 2.05) is 12.1 Å². The number of hydrogen-bond acceptors (Lipinski definition) is 2. The lowest BCUT2D eigenvalue weighted by atomic mass is 10.1. The number of nitrogens with one attached hydrogen (secondary N) is 1. The molecule has 2 aromatic carbocycles. The molecule has 0 spiro atoms. The predicted octanol–water partition coefficient (Wildman–Crippen LogP) is 4.07. The third-order valence-electron chi connectivity index (χ3n) is 2.49. The number of benzene rings is 2. The van der Waals surface area contributed by atoms with Gasteiger partial charge in [0.25, 0.3) is 0 Å². The molecule has 2 aromatic rings. The summed E-state index contributed by atoms with van der Waals surface area (Å²) in [5.41, 5.74) is 1.96. The molecule has 0 aliphatic heterocycles. The first-order chi connectivity index (χ1) is 8.70. The van der Waals surface area contributed by atoms with Crippen LogP contribution in [-0.2, 0) is 6.54 Å². The van der Waals surface area contributed by atoms with Crippen LogP contribution in [0.2, 0.25) is 0 Å². The molecular weight excluding hydrogens is 295 g/mol. The molecule has 0 aromatic heterocycles. The maximum Gasteiger partial charge on any atom is 0.147 e. The smallest absolute Gasteiger partial charge is 0.147 e. The molecule has 4 heteroatoms. The largest absolute Gasteiger partial charge is 0.378 e. The van der Waals surface area contributed by atoms with E-state index in [0.29, 0.717) is 22.3 Å². The summed E-state index contributed by atoms with van der Waals surface area (Å²) < 4.78 is 14.2. The topological polar surface area (TPSA) is 35.8 Å². The van der Waals surface area contributed by atoms with Crippen molar-refractivity contribution in [2.45, 2.75) is 6.54 Å². The number of nitriles is 1. The minimum absolute atomic E-state index is 0.305. The van der Waals surface area contributed by atoms with Gasteiger partial charge in [-0.25, -0.2) is 4.39 Å². The highest BCUT2D eigenvalue weighted by Crippen LogP contribution is 2.25. The Morgan fingerprint density at radius 2 is 2.00 bits per heavy atom. The van der Waals surface area contributed by atoms with E-state index in [-0.39, 0.29) is 5.82 Å². The Kier molecular flexibility index (Phi) is 3.96. The highest BCUT2D eigenvalue weighted by Gasteiger charge is 2.05. The van der Waals surface area contributed by atoms with Gasteiger partial charge in [0.15, 0.2) is 0 Å². The molecule has 0 radical (unpaired) electrons. The molecule has 90 valence electrons. The van der Waals surface area contributed by atoms with Crippen molar-refractivity contribution in [1.29, 1.82) is 5.26 Å². The minimum Gasteiger partial charge on any atom is -0.378 e. The van der Waals surface area contributed by atoms with Crippen molar-refractivity contribution < 1.29 is 4.39 Å². The number of halogens is 2. The van der Waals surface area contributed by atoms with Gasteiger partial charge in [0.05, 0.1) is 17.3 Å². The van der Waals surface area contributed by atoms with Crippen LogP contribution in [0.25, 0.3) is 0 Å². The molecule has 0 saturated heterocycles. The van der Waals surface area contributed by atoms with Crippen LogP contribution >= 0.6 is 15.9 Å². The van der Waals surface area contributed by atoms with Gasteiger partial charge in [-0.05, 0) is 45.8 Å². The molecule has 2 nitrogen and oxygen atoms in total. The number of nitrogens with zero attached hydrogens (tertiary/aromatic N) is 1. The Labute approximate surface area is 113 Å². The number of para-hydroxylation sites is 1. The fourth-order valence-electron chi connectivity index (χ4n) is 1.61. The molecule has 18 heavy (non-hydrogen) atoms. The summed E-state index contributed by atoms with van der Waals surface area (Å²) in [6.07, 6.45) is 0. The van der Waals surface area contributed by atoms with Crippen LogP contribution in [0.15, 0.2) is 46.9 Å². The lowest BCUT2D eigenvalue weighted by Crippen LogP contribution is -2.02. The van der Waals surface area contributed by atoms with Gasteiger partial charge in [0, 0.05) is 11.0 Å². The highest BCUT2D eigenvalue weighted by molar-refractivity contribution is 9.10. The third-order valence-corrected chi connectivity index (χ3v) is 3.15. The van der Waals surface area contributed by atoms with Crippen molar-refractivity contribution in [1.82, 2.24) is 0 Å². The zero-order valence-corrected chi connectivity index (χ0v) is 11.0. The first-order valence-corrected chi connectivity index (χ1v) is 6.17. The lowest BCUT2D eigenvalue weighted by Gasteiger charge is -2.09. The highest BCUT2D eigenvalue weighted by atomic mass is 79.9. The predicted molar refractivity (Wildman–Crippen MR) is 72.6 cm³/mol. The van der Waals surface area contributed by atoms with Gasteiger partial charge in [0.1, 0.15) is 5.82 Å². The summed E-state index contributed by atoms with van der Waals surface area (Å²) >= 11 is 3.29. The SMILES string of the molecule is N#Cc1cccc(CNc2c(F)cccc2Br)c1. The normalized spacial score (nSPS) is 9.83. The fraction of sp³-hybridized carbons (Fsp3) is 0.0714. The molecule has 0 amide bonds. The molecule has 0 aliphatic rings. The summed E-state index contributed by atoms with van der Waals surface area (Å²) in [5.74, 6) is -0.305. The molecule has 0 fully saturated rings. The van der Waals surface area contributed by atoms with Crippen LogP contribution in [0.3, 0.4) is 0 Å². The second-order valence-corrected chi connectivity index (χ2v) is 4.62. The summed E-state index contributed by atoms with van der Waals surface area (Å²) in [5, 5.41) is 11.8. The fourth-order valence-corrected chi connectivity index (χ4v) is 2.09. The maximum absolute atomic E-state index is 13.6. The van der Waals surface area contributed by atoms with Crippen molar-refractivity contribution in [2.24, 2.45) is 0 Å². The Hall–Kier alpha value is -1.86. The Morgan fingerprint density at radius 3 is 2.72 bits per heavy atom. The lowest BCUT2D eigenvalue weighted by molar-refractivity contribution is 0.629. The zero-order chi connectivity index (χ0) is 13.0. The van der Waals surface area contributed by atoms with Crippen molar-refractivity contribution in [3.63, 3.8) is 0 Å². The van der Waals surface area contributed by atoms with E-state index in [9.17, 15) is 4.39 Å². The van der Waals surface area contributed by atoms with Crippen molar-refractivity contribution in [3.8, 4) is 6.07 Å². The van der Waals surface area contributed by atoms with E-state index in [2.05, 4.69) is 27.3 Å². The molecule has 0 bridgehead atoms. The van der Waals surface area contributed by atoms with Crippen molar-refractivity contribution in [3.05, 3.63) is 63.9 Å². The molecule has 0 aliphatic carbocycles. The summed E-state index contributed by atoms with van der Waals surface area (Å²) in [6, 6.07) is 14.1. The Balaban J connectivity index is 2.14. The number of hydrogen-bond donors (Lipinski definition) is 1. The van der Waals surface area contributed by atoms with Gasteiger partial charge in [-0.3, -0.25) is 0 Å².